The molecule has 25 heavy (non-hydrogen) atoms. The van der Waals surface area contributed by atoms with Gasteiger partial charge in [0.25, 0.3) is 0 Å². The standard InChI is InChI=1S/C19H37N5O/c1-7-20-19(22-16(6)11-8-10-14(2)3)21-13-9-12-17-23-18(15(4)5)24-25-17/h14-16H,7-13H2,1-6H3,(H2,20,21,22). The van der Waals surface area contributed by atoms with Crippen LogP contribution in [0.5, 0.6) is 0 Å². The van der Waals surface area contributed by atoms with Crippen LogP contribution in [-0.4, -0.2) is 35.2 Å². The number of nitrogens with one attached hydrogen (secondary N) is 2. The van der Waals surface area contributed by atoms with Gasteiger partial charge in [-0.1, -0.05) is 45.7 Å². The highest BCUT2D eigenvalue weighted by molar-refractivity contribution is 5.80. The average molecular weight is 352 g/mol. The second-order valence-electron chi connectivity index (χ2n) is 7.44. The molecule has 0 radical (unpaired) electrons. The van der Waals surface area contributed by atoms with Crippen LogP contribution in [0.2, 0.25) is 0 Å². The Morgan fingerprint density at radius 2 is 1.88 bits per heavy atom. The van der Waals surface area contributed by atoms with Crippen LogP contribution in [0.4, 0.5) is 0 Å². The number of aryl methyl sites for hydroxylation is 1. The van der Waals surface area contributed by atoms with Crippen LogP contribution in [0.15, 0.2) is 9.52 Å². The van der Waals surface area contributed by atoms with E-state index in [2.05, 4.69) is 67.3 Å². The lowest BCUT2D eigenvalue weighted by Gasteiger charge is -2.18. The van der Waals surface area contributed by atoms with Crippen LogP contribution in [0.1, 0.15) is 84.9 Å². The van der Waals surface area contributed by atoms with E-state index in [1.165, 1.54) is 19.3 Å². The molecule has 0 fully saturated rings. The minimum Gasteiger partial charge on any atom is -0.357 e. The summed E-state index contributed by atoms with van der Waals surface area (Å²) in [5, 5.41) is 10.8. The first-order chi connectivity index (χ1) is 11.9. The summed E-state index contributed by atoms with van der Waals surface area (Å²) in [7, 11) is 0. The van der Waals surface area contributed by atoms with Gasteiger partial charge >= 0.3 is 0 Å². The van der Waals surface area contributed by atoms with Crippen molar-refractivity contribution in [1.29, 1.82) is 0 Å². The van der Waals surface area contributed by atoms with E-state index in [4.69, 9.17) is 4.52 Å². The van der Waals surface area contributed by atoms with Gasteiger partial charge < -0.3 is 15.2 Å². The second kappa shape index (κ2) is 11.9. The molecule has 0 saturated carbocycles. The molecule has 6 nitrogen and oxygen atoms in total. The number of nitrogens with zero attached hydrogens (tertiary/aromatic N) is 3. The molecular formula is C19H37N5O. The highest BCUT2D eigenvalue weighted by Crippen LogP contribution is 2.10. The lowest BCUT2D eigenvalue weighted by Crippen LogP contribution is -2.42. The van der Waals surface area contributed by atoms with Crippen LogP contribution in [0.25, 0.3) is 0 Å². The molecule has 6 heteroatoms. The van der Waals surface area contributed by atoms with Crippen molar-refractivity contribution in [1.82, 2.24) is 20.8 Å². The van der Waals surface area contributed by atoms with Gasteiger partial charge in [-0.3, -0.25) is 4.99 Å². The molecule has 1 atom stereocenters. The maximum Gasteiger partial charge on any atom is 0.226 e. The van der Waals surface area contributed by atoms with Crippen molar-refractivity contribution in [2.75, 3.05) is 13.1 Å². The van der Waals surface area contributed by atoms with Crippen LogP contribution in [0, 0.1) is 5.92 Å². The summed E-state index contributed by atoms with van der Waals surface area (Å²) in [6.45, 7) is 14.6. The molecule has 0 bridgehead atoms. The third kappa shape index (κ3) is 9.46. The second-order valence-corrected chi connectivity index (χ2v) is 7.44. The Labute approximate surface area is 153 Å². The topological polar surface area (TPSA) is 75.3 Å². The first-order valence-corrected chi connectivity index (χ1v) is 9.79. The zero-order valence-corrected chi connectivity index (χ0v) is 16.9. The monoisotopic (exact) mass is 351 g/mol. The maximum atomic E-state index is 5.27. The summed E-state index contributed by atoms with van der Waals surface area (Å²) in [6, 6.07) is 0.432. The fourth-order valence-electron chi connectivity index (χ4n) is 2.48. The predicted octanol–water partition coefficient (Wildman–Crippen LogP) is 3.90. The smallest absolute Gasteiger partial charge is 0.226 e. The maximum absolute atomic E-state index is 5.27. The van der Waals surface area contributed by atoms with E-state index in [9.17, 15) is 0 Å². The molecule has 0 aliphatic carbocycles. The third-order valence-electron chi connectivity index (χ3n) is 3.96. The van der Waals surface area contributed by atoms with Gasteiger partial charge in [-0.2, -0.15) is 4.98 Å². The van der Waals surface area contributed by atoms with Crippen molar-refractivity contribution >= 4 is 5.96 Å². The minimum absolute atomic E-state index is 0.303. The van der Waals surface area contributed by atoms with Crippen molar-refractivity contribution in [3.8, 4) is 0 Å². The molecular weight excluding hydrogens is 314 g/mol. The van der Waals surface area contributed by atoms with Gasteiger partial charge in [0.2, 0.25) is 5.89 Å². The molecule has 1 heterocycles. The first kappa shape index (κ1) is 21.5. The first-order valence-electron chi connectivity index (χ1n) is 9.79. The average Bonchev–Trinajstić information content (AvgIpc) is 3.00. The van der Waals surface area contributed by atoms with Crippen molar-refractivity contribution < 1.29 is 4.52 Å². The van der Waals surface area contributed by atoms with Gasteiger partial charge in [-0.25, -0.2) is 0 Å². The SMILES string of the molecule is CCNC(=NCCCc1nc(C(C)C)no1)NC(C)CCCC(C)C. The van der Waals surface area contributed by atoms with E-state index in [0.29, 0.717) is 17.9 Å². The third-order valence-corrected chi connectivity index (χ3v) is 3.96. The van der Waals surface area contributed by atoms with Crippen LogP contribution >= 0.6 is 0 Å². The van der Waals surface area contributed by atoms with E-state index in [-0.39, 0.29) is 0 Å². The quantitative estimate of drug-likeness (QED) is 0.359. The summed E-state index contributed by atoms with van der Waals surface area (Å²) in [4.78, 5) is 9.06. The number of aromatic nitrogens is 2. The number of hydrogen-bond donors (Lipinski definition) is 2. The van der Waals surface area contributed by atoms with Crippen LogP contribution in [-0.2, 0) is 6.42 Å². The molecule has 2 N–H and O–H groups in total. The number of hydrogen-bond acceptors (Lipinski definition) is 4. The normalized spacial score (nSPS) is 13.5. The molecule has 1 aromatic heterocycles. The van der Waals surface area contributed by atoms with E-state index < -0.39 is 0 Å². The van der Waals surface area contributed by atoms with Crippen LogP contribution < -0.4 is 10.6 Å². The van der Waals surface area contributed by atoms with Gasteiger partial charge in [0.15, 0.2) is 11.8 Å². The Balaban J connectivity index is 2.35. The Kier molecular flexibility index (Phi) is 10.2. The van der Waals surface area contributed by atoms with Gasteiger partial charge in [0.05, 0.1) is 0 Å². The lowest BCUT2D eigenvalue weighted by molar-refractivity contribution is 0.369. The Hall–Kier alpha value is -1.59. The molecule has 0 aliphatic heterocycles. The highest BCUT2D eigenvalue weighted by Gasteiger charge is 2.09. The van der Waals surface area contributed by atoms with Gasteiger partial charge in [0.1, 0.15) is 0 Å². The van der Waals surface area contributed by atoms with Crippen molar-refractivity contribution in [2.24, 2.45) is 10.9 Å². The van der Waals surface area contributed by atoms with E-state index in [0.717, 1.165) is 43.6 Å². The summed E-state index contributed by atoms with van der Waals surface area (Å²) < 4.78 is 5.27. The Morgan fingerprint density at radius 3 is 2.48 bits per heavy atom. The molecule has 1 rings (SSSR count). The Bertz CT molecular complexity index is 496. The molecule has 0 amide bonds. The summed E-state index contributed by atoms with van der Waals surface area (Å²) in [5.41, 5.74) is 0. The largest absolute Gasteiger partial charge is 0.357 e. The summed E-state index contributed by atoms with van der Waals surface area (Å²) in [5.74, 6) is 3.46. The Morgan fingerprint density at radius 1 is 1.12 bits per heavy atom. The molecule has 1 aromatic rings. The zero-order valence-electron chi connectivity index (χ0n) is 16.9. The lowest BCUT2D eigenvalue weighted by atomic mass is 10.0. The molecule has 144 valence electrons. The zero-order chi connectivity index (χ0) is 18.7. The van der Waals surface area contributed by atoms with E-state index in [1.54, 1.807) is 0 Å². The van der Waals surface area contributed by atoms with E-state index >= 15 is 0 Å². The number of aliphatic imine (C=N–C) groups is 1. The molecule has 1 unspecified atom stereocenters. The fourth-order valence-corrected chi connectivity index (χ4v) is 2.48. The van der Waals surface area contributed by atoms with Gasteiger partial charge in [0, 0.05) is 31.5 Å². The van der Waals surface area contributed by atoms with Crippen LogP contribution in [0.3, 0.4) is 0 Å². The molecule has 0 aromatic carbocycles. The van der Waals surface area contributed by atoms with Crippen molar-refractivity contribution in [3.63, 3.8) is 0 Å². The molecule has 0 saturated heterocycles. The van der Waals surface area contributed by atoms with Crippen molar-refractivity contribution in [3.05, 3.63) is 11.7 Å². The predicted molar refractivity (Wildman–Crippen MR) is 104 cm³/mol. The van der Waals surface area contributed by atoms with Gasteiger partial charge in [-0.15, -0.1) is 0 Å². The van der Waals surface area contributed by atoms with E-state index in [1.807, 2.05) is 0 Å². The van der Waals surface area contributed by atoms with Gasteiger partial charge in [-0.05, 0) is 32.6 Å². The molecule has 0 spiro atoms. The number of guanidine groups is 1. The summed E-state index contributed by atoms with van der Waals surface area (Å²) >= 11 is 0. The van der Waals surface area contributed by atoms with Crippen molar-refractivity contribution in [2.45, 2.75) is 85.6 Å². The molecule has 0 aliphatic rings. The number of rotatable bonds is 11. The minimum atomic E-state index is 0.303. The summed E-state index contributed by atoms with van der Waals surface area (Å²) in [6.07, 6.45) is 5.37. The fraction of sp³-hybridized carbons (Fsp3) is 0.842. The highest BCUT2D eigenvalue weighted by atomic mass is 16.5.